The molecule has 6 heteroatoms. The Balaban J connectivity index is 0.00000200. The average Bonchev–Trinajstić information content (AvgIpc) is 2.39. The second-order valence-electron chi connectivity index (χ2n) is 5.15. The molecule has 1 heterocycles. The third kappa shape index (κ3) is 6.07. The molecule has 2 nitrogen and oxygen atoms in total. The van der Waals surface area contributed by atoms with Crippen molar-refractivity contribution in [2.24, 2.45) is 0 Å². The average molecular weight is 341 g/mol. The predicted octanol–water partition coefficient (Wildman–Crippen LogP) is 3.94. The normalized spacial score (nSPS) is 16.7. The first-order chi connectivity index (χ1) is 9.20. The highest BCUT2D eigenvalue weighted by molar-refractivity contribution is 5.85. The van der Waals surface area contributed by atoms with E-state index in [9.17, 15) is 8.78 Å². The summed E-state index contributed by atoms with van der Waals surface area (Å²) in [5.74, 6) is -0.960. The molecule has 122 valence electrons. The van der Waals surface area contributed by atoms with Gasteiger partial charge in [-0.15, -0.1) is 24.8 Å². The largest absolute Gasteiger partial charge is 0.314 e. The first-order valence-corrected chi connectivity index (χ1v) is 7.11. The van der Waals surface area contributed by atoms with Crippen molar-refractivity contribution >= 4 is 24.8 Å². The van der Waals surface area contributed by atoms with Gasteiger partial charge in [-0.3, -0.25) is 4.90 Å². The standard InChI is InChI=1S/C15H22F2N2.2ClH/c1-2-3-4-15(19-7-5-18-6-8-19)12-9-13(16)11-14(17)10-12;;/h9-11,15,18H,2-8H2,1H3;2*1H/t15-;;/m0../s1. The lowest BCUT2D eigenvalue weighted by atomic mass is 9.98. The quantitative estimate of drug-likeness (QED) is 0.873. The third-order valence-electron chi connectivity index (χ3n) is 3.69. The first-order valence-electron chi connectivity index (χ1n) is 7.11. The second-order valence-corrected chi connectivity index (χ2v) is 5.15. The minimum Gasteiger partial charge on any atom is -0.314 e. The van der Waals surface area contributed by atoms with Crippen LogP contribution in [0.25, 0.3) is 0 Å². The number of hydrogen-bond donors (Lipinski definition) is 1. The molecule has 0 unspecified atom stereocenters. The van der Waals surface area contributed by atoms with E-state index < -0.39 is 11.6 Å². The van der Waals surface area contributed by atoms with E-state index in [1.54, 1.807) is 0 Å². The molecular formula is C15H24Cl2F2N2. The van der Waals surface area contributed by atoms with E-state index in [0.717, 1.165) is 57.1 Å². The van der Waals surface area contributed by atoms with Crippen LogP contribution < -0.4 is 5.32 Å². The van der Waals surface area contributed by atoms with Gasteiger partial charge < -0.3 is 5.32 Å². The Morgan fingerprint density at radius 2 is 1.67 bits per heavy atom. The number of rotatable bonds is 5. The molecule has 1 aliphatic rings. The van der Waals surface area contributed by atoms with Gasteiger partial charge in [-0.25, -0.2) is 8.78 Å². The van der Waals surface area contributed by atoms with Gasteiger partial charge in [0.05, 0.1) is 0 Å². The van der Waals surface area contributed by atoms with Crippen LogP contribution in [0.4, 0.5) is 8.78 Å². The fourth-order valence-electron chi connectivity index (χ4n) is 2.72. The summed E-state index contributed by atoms with van der Waals surface area (Å²) < 4.78 is 26.8. The number of halogens is 4. The Hall–Kier alpha value is -0.420. The summed E-state index contributed by atoms with van der Waals surface area (Å²) in [5, 5.41) is 3.31. The number of piperazine rings is 1. The highest BCUT2D eigenvalue weighted by Gasteiger charge is 2.22. The minimum absolute atomic E-state index is 0. The first kappa shape index (κ1) is 20.6. The number of benzene rings is 1. The van der Waals surface area contributed by atoms with Crippen molar-refractivity contribution in [1.82, 2.24) is 10.2 Å². The van der Waals surface area contributed by atoms with Crippen molar-refractivity contribution in [1.29, 1.82) is 0 Å². The molecule has 0 amide bonds. The summed E-state index contributed by atoms with van der Waals surface area (Å²) in [7, 11) is 0. The van der Waals surface area contributed by atoms with E-state index in [1.165, 1.54) is 12.1 Å². The summed E-state index contributed by atoms with van der Waals surface area (Å²) in [6.07, 6.45) is 3.13. The van der Waals surface area contributed by atoms with Gasteiger partial charge in [-0.1, -0.05) is 19.8 Å². The number of hydrogen-bond acceptors (Lipinski definition) is 2. The molecule has 0 spiro atoms. The maximum absolute atomic E-state index is 13.4. The third-order valence-corrected chi connectivity index (χ3v) is 3.69. The van der Waals surface area contributed by atoms with Crippen molar-refractivity contribution in [2.45, 2.75) is 32.2 Å². The van der Waals surface area contributed by atoms with Crippen LogP contribution in [0.5, 0.6) is 0 Å². The Kier molecular flexibility index (Phi) is 10.1. The topological polar surface area (TPSA) is 15.3 Å². The van der Waals surface area contributed by atoms with Crippen LogP contribution in [0.2, 0.25) is 0 Å². The molecule has 0 aliphatic carbocycles. The summed E-state index contributed by atoms with van der Waals surface area (Å²) in [6.45, 7) is 5.90. The monoisotopic (exact) mass is 340 g/mol. The molecule has 21 heavy (non-hydrogen) atoms. The zero-order valence-electron chi connectivity index (χ0n) is 12.3. The predicted molar refractivity (Wildman–Crippen MR) is 87.6 cm³/mol. The summed E-state index contributed by atoms with van der Waals surface area (Å²) in [6, 6.07) is 4.03. The number of unbranched alkanes of at least 4 members (excludes halogenated alkanes) is 1. The summed E-state index contributed by atoms with van der Waals surface area (Å²) in [4.78, 5) is 2.33. The lowest BCUT2D eigenvalue weighted by molar-refractivity contribution is 0.162. The van der Waals surface area contributed by atoms with Gasteiger partial charge in [0.1, 0.15) is 11.6 Å². The lowest BCUT2D eigenvalue weighted by Crippen LogP contribution is -2.45. The molecule has 1 N–H and O–H groups in total. The van der Waals surface area contributed by atoms with Crippen LogP contribution in [-0.4, -0.2) is 31.1 Å². The van der Waals surface area contributed by atoms with Gasteiger partial charge in [-0.2, -0.15) is 0 Å². The molecule has 0 saturated carbocycles. The molecule has 1 aliphatic heterocycles. The van der Waals surface area contributed by atoms with Crippen molar-refractivity contribution in [3.05, 3.63) is 35.4 Å². The van der Waals surface area contributed by atoms with Crippen LogP contribution in [-0.2, 0) is 0 Å². The van der Waals surface area contributed by atoms with Crippen molar-refractivity contribution in [2.75, 3.05) is 26.2 Å². The Bertz CT molecular complexity index is 392. The van der Waals surface area contributed by atoms with E-state index >= 15 is 0 Å². The van der Waals surface area contributed by atoms with Gasteiger partial charge in [0.25, 0.3) is 0 Å². The maximum Gasteiger partial charge on any atom is 0.126 e. The van der Waals surface area contributed by atoms with Crippen LogP contribution in [0.3, 0.4) is 0 Å². The highest BCUT2D eigenvalue weighted by Crippen LogP contribution is 2.27. The minimum atomic E-state index is -0.480. The molecule has 1 aromatic rings. The summed E-state index contributed by atoms with van der Waals surface area (Å²) in [5.41, 5.74) is 0.771. The fourth-order valence-corrected chi connectivity index (χ4v) is 2.72. The maximum atomic E-state index is 13.4. The lowest BCUT2D eigenvalue weighted by Gasteiger charge is -2.35. The van der Waals surface area contributed by atoms with E-state index in [2.05, 4.69) is 17.1 Å². The van der Waals surface area contributed by atoms with Gasteiger partial charge in [0, 0.05) is 38.3 Å². The molecule has 1 atom stereocenters. The van der Waals surface area contributed by atoms with E-state index in [0.29, 0.717) is 0 Å². The molecular weight excluding hydrogens is 317 g/mol. The van der Waals surface area contributed by atoms with Gasteiger partial charge in [0.15, 0.2) is 0 Å². The number of nitrogens with zero attached hydrogens (tertiary/aromatic N) is 1. The zero-order chi connectivity index (χ0) is 13.7. The van der Waals surface area contributed by atoms with Gasteiger partial charge >= 0.3 is 0 Å². The van der Waals surface area contributed by atoms with E-state index in [4.69, 9.17) is 0 Å². The highest BCUT2D eigenvalue weighted by atomic mass is 35.5. The van der Waals surface area contributed by atoms with Crippen LogP contribution >= 0.6 is 24.8 Å². The van der Waals surface area contributed by atoms with Crippen molar-refractivity contribution < 1.29 is 8.78 Å². The Morgan fingerprint density at radius 3 is 2.19 bits per heavy atom. The Morgan fingerprint density at radius 1 is 1.10 bits per heavy atom. The molecule has 0 bridgehead atoms. The van der Waals surface area contributed by atoms with E-state index in [-0.39, 0.29) is 30.9 Å². The molecule has 0 radical (unpaired) electrons. The molecule has 1 aromatic carbocycles. The molecule has 2 rings (SSSR count). The van der Waals surface area contributed by atoms with Crippen LogP contribution in [0, 0.1) is 11.6 Å². The fraction of sp³-hybridized carbons (Fsp3) is 0.600. The molecule has 0 aromatic heterocycles. The SMILES string of the molecule is CCCC[C@@H](c1cc(F)cc(F)c1)N1CCNCC1.Cl.Cl. The zero-order valence-corrected chi connectivity index (χ0v) is 13.9. The summed E-state index contributed by atoms with van der Waals surface area (Å²) >= 11 is 0. The number of nitrogens with one attached hydrogen (secondary N) is 1. The molecule has 1 fully saturated rings. The van der Waals surface area contributed by atoms with Crippen LogP contribution in [0.15, 0.2) is 18.2 Å². The smallest absolute Gasteiger partial charge is 0.126 e. The van der Waals surface area contributed by atoms with Crippen LogP contribution in [0.1, 0.15) is 37.8 Å². The second kappa shape index (κ2) is 10.3. The van der Waals surface area contributed by atoms with Gasteiger partial charge in [-0.05, 0) is 24.1 Å². The van der Waals surface area contributed by atoms with E-state index in [1.807, 2.05) is 0 Å². The van der Waals surface area contributed by atoms with Crippen molar-refractivity contribution in [3.8, 4) is 0 Å². The molecule has 1 saturated heterocycles. The van der Waals surface area contributed by atoms with Crippen molar-refractivity contribution in [3.63, 3.8) is 0 Å². The Labute approximate surface area is 138 Å². The van der Waals surface area contributed by atoms with Gasteiger partial charge in [0.2, 0.25) is 0 Å².